The number of carbonyl (C=O) groups is 4. The summed E-state index contributed by atoms with van der Waals surface area (Å²) in [5.41, 5.74) is 0. The Bertz CT molecular complexity index is 944. The molecule has 0 rings (SSSR count). The van der Waals surface area contributed by atoms with Crippen LogP contribution in [0.1, 0.15) is 27.7 Å². The van der Waals surface area contributed by atoms with E-state index in [0.717, 1.165) is 0 Å². The molecule has 16 heteroatoms. The molecule has 0 amide bonds. The van der Waals surface area contributed by atoms with Crippen molar-refractivity contribution < 1.29 is 77.5 Å². The maximum atomic E-state index is 11.6. The van der Waals surface area contributed by atoms with Gasteiger partial charge in [0, 0.05) is 24.3 Å². The van der Waals surface area contributed by atoms with Crippen molar-refractivity contribution in [1.82, 2.24) is 0 Å². The van der Waals surface area contributed by atoms with E-state index in [1.807, 2.05) is 0 Å². The van der Waals surface area contributed by atoms with Crippen molar-refractivity contribution in [2.75, 3.05) is 66.1 Å². The molecule has 4 unspecified atom stereocenters. The third kappa shape index (κ3) is 24.7. The predicted molar refractivity (Wildman–Crippen MR) is 168 cm³/mol. The highest BCUT2D eigenvalue weighted by atomic mass is 16.6. The van der Waals surface area contributed by atoms with Crippen LogP contribution in [0, 0.1) is 0 Å². The number of aliphatic hydroxyl groups excluding tert-OH is 4. The largest absolute Gasteiger partial charge is 0.460 e. The molecule has 0 aliphatic heterocycles. The van der Waals surface area contributed by atoms with E-state index in [-0.39, 0.29) is 52.9 Å². The Morgan fingerprint density at radius 1 is 0.417 bits per heavy atom. The van der Waals surface area contributed by atoms with E-state index in [0.29, 0.717) is 0 Å². The van der Waals surface area contributed by atoms with Crippen molar-refractivity contribution in [3.63, 3.8) is 0 Å². The molecule has 0 fully saturated rings. The summed E-state index contributed by atoms with van der Waals surface area (Å²) in [5.74, 6) is -2.65. The number of hydrogen-bond donors (Lipinski definition) is 4. The topological polar surface area (TPSA) is 223 Å². The second-order valence-electron chi connectivity index (χ2n) is 9.95. The smallest absolute Gasteiger partial charge is 0.330 e. The molecular formula is C32H50O16. The van der Waals surface area contributed by atoms with E-state index in [1.165, 1.54) is 48.6 Å². The fourth-order valence-corrected chi connectivity index (χ4v) is 3.28. The minimum absolute atomic E-state index is 0.283. The van der Waals surface area contributed by atoms with Gasteiger partial charge in [-0.2, -0.15) is 0 Å². The van der Waals surface area contributed by atoms with Crippen LogP contribution in [0.15, 0.2) is 48.6 Å². The predicted octanol–water partition coefficient (Wildman–Crippen LogP) is -0.289. The van der Waals surface area contributed by atoms with Gasteiger partial charge in [0.1, 0.15) is 63.1 Å². The second-order valence-corrected chi connectivity index (χ2v) is 9.95. The zero-order valence-electron chi connectivity index (χ0n) is 27.8. The SMILES string of the molecule is CC=CC(=O)OCC(O)COC[C@H](OCC(O)COC(=O)C=CC)[C@@H](COCC(O)COC(=O)C=CC)OCC(O)COC(=O)C=CC. The summed E-state index contributed by atoms with van der Waals surface area (Å²) in [6.45, 7) is 3.04. The molecule has 0 bridgehead atoms. The quantitative estimate of drug-likeness (QED) is 0.0494. The van der Waals surface area contributed by atoms with E-state index in [4.69, 9.17) is 37.9 Å². The average Bonchev–Trinajstić information content (AvgIpc) is 3.04. The molecule has 0 saturated heterocycles. The minimum atomic E-state index is -1.27. The van der Waals surface area contributed by atoms with E-state index in [2.05, 4.69) is 0 Å². The molecule has 0 spiro atoms. The Labute approximate surface area is 280 Å². The van der Waals surface area contributed by atoms with Gasteiger partial charge in [0.25, 0.3) is 0 Å². The molecular weight excluding hydrogens is 640 g/mol. The summed E-state index contributed by atoms with van der Waals surface area (Å²) < 4.78 is 42.4. The second kappa shape index (κ2) is 28.5. The normalized spacial score (nSPS) is 15.8. The van der Waals surface area contributed by atoms with Crippen LogP contribution in [0.25, 0.3) is 0 Å². The van der Waals surface area contributed by atoms with Gasteiger partial charge in [0.15, 0.2) is 0 Å². The Balaban J connectivity index is 5.63. The number of ether oxygens (including phenoxy) is 8. The molecule has 0 saturated carbocycles. The van der Waals surface area contributed by atoms with Gasteiger partial charge in [0.05, 0.1) is 39.6 Å². The summed E-state index contributed by atoms with van der Waals surface area (Å²) in [5, 5.41) is 41.1. The van der Waals surface area contributed by atoms with E-state index >= 15 is 0 Å². The van der Waals surface area contributed by atoms with Gasteiger partial charge in [-0.3, -0.25) is 0 Å². The minimum Gasteiger partial charge on any atom is -0.460 e. The molecule has 0 heterocycles. The van der Waals surface area contributed by atoms with Crippen LogP contribution >= 0.6 is 0 Å². The van der Waals surface area contributed by atoms with Crippen molar-refractivity contribution in [2.24, 2.45) is 0 Å². The van der Waals surface area contributed by atoms with Gasteiger partial charge in [-0.25, -0.2) is 19.2 Å². The Kier molecular flexibility index (Phi) is 26.5. The molecule has 0 aromatic heterocycles. The molecule has 0 aliphatic rings. The third-order valence-electron chi connectivity index (χ3n) is 5.49. The van der Waals surface area contributed by atoms with Gasteiger partial charge in [-0.1, -0.05) is 24.3 Å². The monoisotopic (exact) mass is 690 g/mol. The lowest BCUT2D eigenvalue weighted by Crippen LogP contribution is -2.43. The first-order valence-electron chi connectivity index (χ1n) is 15.2. The number of allylic oxidation sites excluding steroid dienone is 4. The maximum Gasteiger partial charge on any atom is 0.330 e. The van der Waals surface area contributed by atoms with Gasteiger partial charge in [-0.05, 0) is 27.7 Å². The fraction of sp³-hybridized carbons (Fsp3) is 0.625. The van der Waals surface area contributed by atoms with Crippen molar-refractivity contribution >= 4 is 23.9 Å². The number of aliphatic hydroxyl groups is 4. The number of rotatable bonds is 27. The lowest BCUT2D eigenvalue weighted by atomic mass is 10.2. The first kappa shape index (κ1) is 44.5. The van der Waals surface area contributed by atoms with Crippen molar-refractivity contribution in [3.05, 3.63) is 48.6 Å². The van der Waals surface area contributed by atoms with Crippen LogP contribution in [-0.2, 0) is 57.1 Å². The van der Waals surface area contributed by atoms with Crippen LogP contribution < -0.4 is 0 Å². The molecule has 48 heavy (non-hydrogen) atoms. The summed E-state index contributed by atoms with van der Waals surface area (Å²) in [6, 6.07) is 0. The van der Waals surface area contributed by atoms with Crippen LogP contribution in [-0.4, -0.2) is 147 Å². The Morgan fingerprint density at radius 2 is 0.667 bits per heavy atom. The van der Waals surface area contributed by atoms with Crippen LogP contribution in [0.5, 0.6) is 0 Å². The van der Waals surface area contributed by atoms with E-state index in [9.17, 15) is 39.6 Å². The van der Waals surface area contributed by atoms with Gasteiger partial charge in [0.2, 0.25) is 0 Å². The first-order valence-corrected chi connectivity index (χ1v) is 15.2. The van der Waals surface area contributed by atoms with Crippen molar-refractivity contribution in [2.45, 2.75) is 64.3 Å². The standard InChI is InChI=1S/C32H50O16/c1-5-9-29(37)45-17-23(33)13-41-21-27(43-15-25(35)19-47-31(39)11-7-3)28(44-16-26(36)20-48-32(40)12-8-4)22-42-14-24(34)18-46-30(38)10-6-2/h5-12,23-28,33-36H,13-22H2,1-4H3/t23?,24?,25?,26?,27-,28+. The number of hydrogen-bond acceptors (Lipinski definition) is 16. The van der Waals surface area contributed by atoms with Gasteiger partial charge in [-0.15, -0.1) is 0 Å². The zero-order chi connectivity index (χ0) is 36.2. The Morgan fingerprint density at radius 3 is 0.917 bits per heavy atom. The molecule has 16 nitrogen and oxygen atoms in total. The number of carbonyl (C=O) groups excluding carboxylic acids is 4. The molecule has 0 aromatic carbocycles. The van der Waals surface area contributed by atoms with Crippen LogP contribution in [0.4, 0.5) is 0 Å². The zero-order valence-corrected chi connectivity index (χ0v) is 27.8. The molecule has 4 N–H and O–H groups in total. The van der Waals surface area contributed by atoms with Gasteiger partial charge < -0.3 is 58.3 Å². The molecule has 0 aromatic rings. The first-order chi connectivity index (χ1) is 22.9. The fourth-order valence-electron chi connectivity index (χ4n) is 3.28. The highest BCUT2D eigenvalue weighted by Crippen LogP contribution is 2.11. The highest BCUT2D eigenvalue weighted by molar-refractivity contribution is 5.82. The molecule has 0 aliphatic carbocycles. The highest BCUT2D eigenvalue weighted by Gasteiger charge is 2.27. The Hall–Kier alpha value is -3.48. The summed E-state index contributed by atoms with van der Waals surface area (Å²) in [7, 11) is 0. The molecule has 0 radical (unpaired) electrons. The lowest BCUT2D eigenvalue weighted by molar-refractivity contribution is -0.166. The number of esters is 4. The van der Waals surface area contributed by atoms with E-state index in [1.54, 1.807) is 27.7 Å². The lowest BCUT2D eigenvalue weighted by Gasteiger charge is -2.29. The molecule has 274 valence electrons. The summed E-state index contributed by atoms with van der Waals surface area (Å²) >= 11 is 0. The average molecular weight is 691 g/mol. The van der Waals surface area contributed by atoms with Crippen molar-refractivity contribution in [1.29, 1.82) is 0 Å². The maximum absolute atomic E-state index is 11.6. The van der Waals surface area contributed by atoms with Crippen LogP contribution in [0.3, 0.4) is 0 Å². The van der Waals surface area contributed by atoms with Crippen LogP contribution in [0.2, 0.25) is 0 Å². The van der Waals surface area contributed by atoms with Crippen molar-refractivity contribution in [3.8, 4) is 0 Å². The van der Waals surface area contributed by atoms with E-state index < -0.39 is 73.7 Å². The van der Waals surface area contributed by atoms with Gasteiger partial charge >= 0.3 is 23.9 Å². The third-order valence-corrected chi connectivity index (χ3v) is 5.49. The summed E-state index contributed by atoms with van der Waals surface area (Å²) in [6.07, 6.45) is 3.50. The molecule has 6 atom stereocenters. The summed E-state index contributed by atoms with van der Waals surface area (Å²) in [4.78, 5) is 46.3.